The molecule has 146 valence electrons. The number of nitrogens with zero attached hydrogens (tertiary/aromatic N) is 3. The Kier molecular flexibility index (Phi) is 5.36. The lowest BCUT2D eigenvalue weighted by Crippen LogP contribution is -2.42. The molecule has 2 aromatic heterocycles. The van der Waals surface area contributed by atoms with Gasteiger partial charge < -0.3 is 19.7 Å². The topological polar surface area (TPSA) is 106 Å². The predicted molar refractivity (Wildman–Crippen MR) is 102 cm³/mol. The van der Waals surface area contributed by atoms with Crippen LogP contribution in [0.4, 0.5) is 14.7 Å². The van der Waals surface area contributed by atoms with Crippen molar-refractivity contribution in [1.29, 1.82) is 0 Å². The third kappa shape index (κ3) is 4.76. The van der Waals surface area contributed by atoms with Crippen LogP contribution in [0.5, 0.6) is 5.75 Å². The average Bonchev–Trinajstić information content (AvgIpc) is 3.18. The third-order valence-electron chi connectivity index (χ3n) is 3.89. The Morgan fingerprint density at radius 3 is 2.85 bits per heavy atom. The number of methoxy groups -OCH3 is 1. The number of hydrogen-bond donors (Lipinski definition) is 2. The zero-order chi connectivity index (χ0) is 19.6. The number of ether oxygens (including phenoxy) is 2. The molecule has 2 aromatic rings. The number of alkyl carbamates (subject to hydrolysis) is 1. The maximum atomic E-state index is 12.5. The van der Waals surface area contributed by atoms with E-state index >= 15 is 0 Å². The molecular formula is C17H23N5O4S. The molecule has 0 aromatic carbocycles. The molecule has 0 spiro atoms. The maximum Gasteiger partial charge on any atom is 0.407 e. The molecule has 1 saturated heterocycles. The molecule has 1 unspecified atom stereocenters. The summed E-state index contributed by atoms with van der Waals surface area (Å²) in [5.41, 5.74) is 0.0630. The van der Waals surface area contributed by atoms with Gasteiger partial charge in [0.05, 0.1) is 13.2 Å². The van der Waals surface area contributed by atoms with Crippen molar-refractivity contribution >= 4 is 38.9 Å². The monoisotopic (exact) mass is 393 g/mol. The molecule has 27 heavy (non-hydrogen) atoms. The first-order chi connectivity index (χ1) is 12.7. The molecule has 1 aliphatic heterocycles. The van der Waals surface area contributed by atoms with E-state index in [1.807, 2.05) is 20.8 Å². The van der Waals surface area contributed by atoms with Gasteiger partial charge in [0.2, 0.25) is 0 Å². The molecule has 0 saturated carbocycles. The Hall–Kier alpha value is -2.62. The Morgan fingerprint density at radius 1 is 1.37 bits per heavy atom. The highest BCUT2D eigenvalue weighted by molar-refractivity contribution is 7.22. The summed E-state index contributed by atoms with van der Waals surface area (Å²) in [5.74, 6) is 0.611. The molecule has 0 aliphatic carbocycles. The highest BCUT2D eigenvalue weighted by atomic mass is 32.1. The lowest BCUT2D eigenvalue weighted by atomic mass is 10.2. The van der Waals surface area contributed by atoms with Crippen LogP contribution in [0, 0.1) is 0 Å². The summed E-state index contributed by atoms with van der Waals surface area (Å²) in [5, 5.41) is 6.04. The van der Waals surface area contributed by atoms with Crippen LogP contribution in [0.15, 0.2) is 12.3 Å². The van der Waals surface area contributed by atoms with Crippen LogP contribution in [-0.2, 0) is 4.74 Å². The van der Waals surface area contributed by atoms with E-state index < -0.39 is 11.7 Å². The average molecular weight is 393 g/mol. The number of rotatable bonds is 3. The predicted octanol–water partition coefficient (Wildman–Crippen LogP) is 2.83. The standard InChI is InChI=1S/C17H23N5O4S/c1-17(2,3)26-16(24)19-10-6-8-22(9-10)15(23)21-14-20-12-11(25-4)5-7-18-13(12)27-14/h5,7,10H,6,8-9H2,1-4H3,(H,19,24)(H,20,21,23). The zero-order valence-corrected chi connectivity index (χ0v) is 16.6. The van der Waals surface area contributed by atoms with Crippen molar-refractivity contribution < 1.29 is 19.1 Å². The van der Waals surface area contributed by atoms with Crippen LogP contribution in [-0.4, -0.2) is 58.8 Å². The molecule has 3 rings (SSSR count). The second-order valence-corrected chi connectivity index (χ2v) is 8.17. The van der Waals surface area contributed by atoms with E-state index in [0.717, 1.165) is 0 Å². The van der Waals surface area contributed by atoms with Crippen LogP contribution >= 0.6 is 11.3 Å². The summed E-state index contributed by atoms with van der Waals surface area (Å²) in [6.45, 7) is 6.38. The minimum Gasteiger partial charge on any atom is -0.494 e. The van der Waals surface area contributed by atoms with Crippen LogP contribution < -0.4 is 15.4 Å². The van der Waals surface area contributed by atoms with Crippen molar-refractivity contribution in [3.05, 3.63) is 12.3 Å². The molecule has 2 N–H and O–H groups in total. The lowest BCUT2D eigenvalue weighted by Gasteiger charge is -2.22. The Labute approximate surface area is 161 Å². The largest absolute Gasteiger partial charge is 0.494 e. The SMILES string of the molecule is COc1ccnc2sc(NC(=O)N3CCC(NC(=O)OC(C)(C)C)C3)nc12. The Bertz CT molecular complexity index is 847. The summed E-state index contributed by atoms with van der Waals surface area (Å²) >= 11 is 1.28. The molecule has 1 aliphatic rings. The fourth-order valence-electron chi connectivity index (χ4n) is 2.74. The number of carbonyl (C=O) groups excluding carboxylic acids is 2. The van der Waals surface area contributed by atoms with Crippen molar-refractivity contribution in [2.24, 2.45) is 0 Å². The number of nitrogens with one attached hydrogen (secondary N) is 2. The van der Waals surface area contributed by atoms with Gasteiger partial charge in [0, 0.05) is 25.4 Å². The van der Waals surface area contributed by atoms with Gasteiger partial charge in [-0.25, -0.2) is 19.6 Å². The fraction of sp³-hybridized carbons (Fsp3) is 0.529. The minimum absolute atomic E-state index is 0.136. The number of fused-ring (bicyclic) bond motifs is 1. The number of pyridine rings is 1. The summed E-state index contributed by atoms with van der Waals surface area (Å²) < 4.78 is 10.5. The first-order valence-corrected chi connectivity index (χ1v) is 9.42. The van der Waals surface area contributed by atoms with E-state index in [9.17, 15) is 9.59 Å². The number of aromatic nitrogens is 2. The van der Waals surface area contributed by atoms with Gasteiger partial charge >= 0.3 is 12.1 Å². The van der Waals surface area contributed by atoms with E-state index in [2.05, 4.69) is 20.6 Å². The second-order valence-electron chi connectivity index (χ2n) is 7.19. The zero-order valence-electron chi connectivity index (χ0n) is 15.7. The van der Waals surface area contributed by atoms with E-state index in [0.29, 0.717) is 40.7 Å². The second kappa shape index (κ2) is 7.55. The van der Waals surface area contributed by atoms with Crippen LogP contribution in [0.25, 0.3) is 10.3 Å². The third-order valence-corrected chi connectivity index (χ3v) is 4.77. The number of urea groups is 1. The van der Waals surface area contributed by atoms with E-state index in [1.165, 1.54) is 11.3 Å². The molecule has 0 bridgehead atoms. The number of likely N-dealkylation sites (tertiary alicyclic amines) is 1. The molecule has 1 atom stereocenters. The van der Waals surface area contributed by atoms with Crippen molar-refractivity contribution in [2.45, 2.75) is 38.8 Å². The molecule has 10 heteroatoms. The van der Waals surface area contributed by atoms with Crippen molar-refractivity contribution in [3.63, 3.8) is 0 Å². The first-order valence-electron chi connectivity index (χ1n) is 8.60. The molecule has 1 fully saturated rings. The number of thiazole rings is 1. The van der Waals surface area contributed by atoms with Gasteiger partial charge in [0.15, 0.2) is 5.13 Å². The van der Waals surface area contributed by atoms with Crippen LogP contribution in [0.3, 0.4) is 0 Å². The normalized spacial score (nSPS) is 17.0. The first kappa shape index (κ1) is 19.2. The van der Waals surface area contributed by atoms with Gasteiger partial charge in [-0.3, -0.25) is 5.32 Å². The summed E-state index contributed by atoms with van der Waals surface area (Å²) in [4.78, 5) is 35.3. The number of anilines is 1. The molecule has 9 nitrogen and oxygen atoms in total. The van der Waals surface area contributed by atoms with Gasteiger partial charge in [0.25, 0.3) is 0 Å². The summed E-state index contributed by atoms with van der Waals surface area (Å²) in [7, 11) is 1.56. The minimum atomic E-state index is -0.554. The number of amides is 3. The smallest absolute Gasteiger partial charge is 0.407 e. The van der Waals surface area contributed by atoms with Crippen molar-refractivity contribution in [1.82, 2.24) is 20.2 Å². The van der Waals surface area contributed by atoms with E-state index in [4.69, 9.17) is 9.47 Å². The van der Waals surface area contributed by atoms with Crippen LogP contribution in [0.1, 0.15) is 27.2 Å². The highest BCUT2D eigenvalue weighted by Crippen LogP contribution is 2.30. The van der Waals surface area contributed by atoms with Gasteiger partial charge in [-0.05, 0) is 27.2 Å². The molecular weight excluding hydrogens is 370 g/mol. The maximum absolute atomic E-state index is 12.5. The Balaban J connectivity index is 1.57. The van der Waals surface area contributed by atoms with Crippen LogP contribution in [0.2, 0.25) is 0 Å². The van der Waals surface area contributed by atoms with Gasteiger partial charge in [-0.2, -0.15) is 0 Å². The van der Waals surface area contributed by atoms with Crippen molar-refractivity contribution in [3.8, 4) is 5.75 Å². The lowest BCUT2D eigenvalue weighted by molar-refractivity contribution is 0.0506. The Morgan fingerprint density at radius 2 is 2.15 bits per heavy atom. The summed E-state index contributed by atoms with van der Waals surface area (Å²) in [6.07, 6.45) is 1.83. The van der Waals surface area contributed by atoms with E-state index in [1.54, 1.807) is 24.3 Å². The highest BCUT2D eigenvalue weighted by Gasteiger charge is 2.29. The molecule has 3 heterocycles. The van der Waals surface area contributed by atoms with Gasteiger partial charge in [-0.1, -0.05) is 11.3 Å². The quantitative estimate of drug-likeness (QED) is 0.831. The number of carbonyl (C=O) groups is 2. The molecule has 0 radical (unpaired) electrons. The van der Waals surface area contributed by atoms with Gasteiger partial charge in [0.1, 0.15) is 21.7 Å². The number of hydrogen-bond acceptors (Lipinski definition) is 7. The van der Waals surface area contributed by atoms with E-state index in [-0.39, 0.29) is 12.1 Å². The fourth-order valence-corrected chi connectivity index (χ4v) is 3.55. The van der Waals surface area contributed by atoms with Crippen molar-refractivity contribution in [2.75, 3.05) is 25.5 Å². The van der Waals surface area contributed by atoms with Gasteiger partial charge in [-0.15, -0.1) is 0 Å². The summed E-state index contributed by atoms with van der Waals surface area (Å²) in [6, 6.07) is 1.32. The molecule has 3 amide bonds.